The molecular weight excluding hydrogens is 320 g/mol. The van der Waals surface area contributed by atoms with Crippen molar-refractivity contribution in [2.24, 2.45) is 4.99 Å². The summed E-state index contributed by atoms with van der Waals surface area (Å²) < 4.78 is 16.6. The van der Waals surface area contributed by atoms with Gasteiger partial charge in [0.2, 0.25) is 0 Å². The predicted molar refractivity (Wildman–Crippen MR) is 92.6 cm³/mol. The Morgan fingerprint density at radius 1 is 1.12 bits per heavy atom. The molecule has 0 atom stereocenters. The van der Waals surface area contributed by atoms with E-state index in [0.717, 1.165) is 23.5 Å². The molecule has 0 bridgehead atoms. The zero-order chi connectivity index (χ0) is 17.1. The maximum Gasteiger partial charge on any atom is 0.275 e. The molecular formula is C19H18N2O4. The number of hydrogen-bond acceptors (Lipinski definition) is 5. The SMILES string of the molecule is O=C1NC(CCc2ccco2)=N/C1=C/c1ccc2c(c1)OCCCO2. The van der Waals surface area contributed by atoms with Gasteiger partial charge in [0.25, 0.3) is 5.91 Å². The number of amidine groups is 1. The molecule has 4 rings (SSSR count). The van der Waals surface area contributed by atoms with Crippen LogP contribution in [0.3, 0.4) is 0 Å². The Labute approximate surface area is 145 Å². The third kappa shape index (κ3) is 3.57. The van der Waals surface area contributed by atoms with E-state index in [0.29, 0.717) is 43.3 Å². The van der Waals surface area contributed by atoms with Crippen LogP contribution in [-0.4, -0.2) is 25.0 Å². The average molecular weight is 338 g/mol. The van der Waals surface area contributed by atoms with Crippen molar-refractivity contribution in [2.75, 3.05) is 13.2 Å². The highest BCUT2D eigenvalue weighted by Gasteiger charge is 2.20. The standard InChI is InChI=1S/C19H18N2O4/c22-19-15(20-18(21-19)7-5-14-3-1-8-23-14)11-13-4-6-16-17(12-13)25-10-2-9-24-16/h1,3-4,6,8,11-12H,2,5,7,9-10H2,(H,20,21,22)/b15-11+. The summed E-state index contributed by atoms with van der Waals surface area (Å²) in [5, 5.41) is 2.80. The minimum absolute atomic E-state index is 0.193. The van der Waals surface area contributed by atoms with Gasteiger partial charge in [-0.25, -0.2) is 4.99 Å². The van der Waals surface area contributed by atoms with Gasteiger partial charge in [0.05, 0.1) is 19.5 Å². The summed E-state index contributed by atoms with van der Waals surface area (Å²) in [7, 11) is 0. The molecule has 0 spiro atoms. The van der Waals surface area contributed by atoms with Crippen LogP contribution in [0.4, 0.5) is 0 Å². The summed E-state index contributed by atoms with van der Waals surface area (Å²) in [6.07, 6.45) is 5.57. The molecule has 1 amide bonds. The fourth-order valence-corrected chi connectivity index (χ4v) is 2.76. The molecule has 1 N–H and O–H groups in total. The highest BCUT2D eigenvalue weighted by molar-refractivity contribution is 6.14. The van der Waals surface area contributed by atoms with E-state index in [1.807, 2.05) is 30.3 Å². The van der Waals surface area contributed by atoms with Crippen molar-refractivity contribution >= 4 is 17.8 Å². The summed E-state index contributed by atoms with van der Waals surface area (Å²) in [5.74, 6) is 2.77. The van der Waals surface area contributed by atoms with E-state index in [1.165, 1.54) is 0 Å². The highest BCUT2D eigenvalue weighted by atomic mass is 16.5. The third-order valence-corrected chi connectivity index (χ3v) is 4.01. The Kier molecular flexibility index (Phi) is 4.24. The van der Waals surface area contributed by atoms with Gasteiger partial charge in [-0.2, -0.15) is 0 Å². The van der Waals surface area contributed by atoms with E-state index < -0.39 is 0 Å². The van der Waals surface area contributed by atoms with E-state index in [1.54, 1.807) is 12.3 Å². The number of rotatable bonds is 4. The van der Waals surface area contributed by atoms with Crippen LogP contribution in [0.25, 0.3) is 6.08 Å². The van der Waals surface area contributed by atoms with Crippen molar-refractivity contribution in [1.29, 1.82) is 0 Å². The normalized spacial score (nSPS) is 18.0. The molecule has 1 aromatic carbocycles. The van der Waals surface area contributed by atoms with E-state index in [2.05, 4.69) is 10.3 Å². The molecule has 3 heterocycles. The minimum Gasteiger partial charge on any atom is -0.490 e. The highest BCUT2D eigenvalue weighted by Crippen LogP contribution is 2.31. The molecule has 0 fully saturated rings. The second-order valence-electron chi connectivity index (χ2n) is 5.88. The number of carbonyl (C=O) groups excluding carboxylic acids is 1. The summed E-state index contributed by atoms with van der Waals surface area (Å²) in [4.78, 5) is 16.5. The monoisotopic (exact) mass is 338 g/mol. The largest absolute Gasteiger partial charge is 0.490 e. The van der Waals surface area contributed by atoms with Crippen LogP contribution in [-0.2, 0) is 11.2 Å². The zero-order valence-corrected chi connectivity index (χ0v) is 13.7. The van der Waals surface area contributed by atoms with Gasteiger partial charge in [0.15, 0.2) is 11.5 Å². The van der Waals surface area contributed by atoms with Crippen molar-refractivity contribution in [3.05, 3.63) is 53.6 Å². The molecule has 2 aromatic rings. The summed E-state index contributed by atoms with van der Waals surface area (Å²) in [5.41, 5.74) is 1.24. The Balaban J connectivity index is 1.50. The number of hydrogen-bond donors (Lipinski definition) is 1. The fourth-order valence-electron chi connectivity index (χ4n) is 2.76. The molecule has 2 aliphatic rings. The van der Waals surface area contributed by atoms with Crippen molar-refractivity contribution in [3.8, 4) is 11.5 Å². The van der Waals surface area contributed by atoms with Gasteiger partial charge < -0.3 is 19.2 Å². The lowest BCUT2D eigenvalue weighted by molar-refractivity contribution is -0.115. The summed E-state index contributed by atoms with van der Waals surface area (Å²) >= 11 is 0. The van der Waals surface area contributed by atoms with Gasteiger partial charge >= 0.3 is 0 Å². The van der Waals surface area contributed by atoms with Crippen molar-refractivity contribution in [1.82, 2.24) is 5.32 Å². The third-order valence-electron chi connectivity index (χ3n) is 4.01. The van der Waals surface area contributed by atoms with Crippen molar-refractivity contribution in [2.45, 2.75) is 19.3 Å². The molecule has 0 aliphatic carbocycles. The van der Waals surface area contributed by atoms with Gasteiger partial charge in [0, 0.05) is 19.3 Å². The van der Waals surface area contributed by atoms with E-state index in [9.17, 15) is 4.79 Å². The molecule has 0 radical (unpaired) electrons. The number of nitrogens with one attached hydrogen (secondary N) is 1. The number of benzene rings is 1. The Morgan fingerprint density at radius 3 is 2.84 bits per heavy atom. The van der Waals surface area contributed by atoms with E-state index >= 15 is 0 Å². The zero-order valence-electron chi connectivity index (χ0n) is 13.7. The molecule has 6 heteroatoms. The fraction of sp³-hybridized carbons (Fsp3) is 0.263. The quantitative estimate of drug-likeness (QED) is 0.870. The second-order valence-corrected chi connectivity index (χ2v) is 5.88. The number of furan rings is 1. The average Bonchev–Trinajstić information content (AvgIpc) is 3.18. The lowest BCUT2D eigenvalue weighted by atomic mass is 10.1. The first-order valence-corrected chi connectivity index (χ1v) is 8.30. The number of amides is 1. The summed E-state index contributed by atoms with van der Waals surface area (Å²) in [6, 6.07) is 9.38. The Morgan fingerprint density at radius 2 is 2.00 bits per heavy atom. The van der Waals surface area contributed by atoms with Crippen molar-refractivity contribution in [3.63, 3.8) is 0 Å². The van der Waals surface area contributed by atoms with Gasteiger partial charge in [-0.15, -0.1) is 0 Å². The Bertz CT molecular complexity index is 837. The maximum atomic E-state index is 12.1. The molecule has 6 nitrogen and oxygen atoms in total. The molecule has 0 saturated heterocycles. The number of carbonyl (C=O) groups is 1. The number of nitrogens with zero attached hydrogens (tertiary/aromatic N) is 1. The van der Waals surface area contributed by atoms with Crippen LogP contribution >= 0.6 is 0 Å². The molecule has 1 aromatic heterocycles. The predicted octanol–water partition coefficient (Wildman–Crippen LogP) is 2.94. The van der Waals surface area contributed by atoms with Crippen LogP contribution in [0.2, 0.25) is 0 Å². The van der Waals surface area contributed by atoms with Crippen LogP contribution in [0.15, 0.2) is 51.7 Å². The smallest absolute Gasteiger partial charge is 0.275 e. The maximum absolute atomic E-state index is 12.1. The van der Waals surface area contributed by atoms with Crippen LogP contribution < -0.4 is 14.8 Å². The molecule has 0 unspecified atom stereocenters. The lowest BCUT2D eigenvalue weighted by Crippen LogP contribution is -2.24. The van der Waals surface area contributed by atoms with Gasteiger partial charge in [0.1, 0.15) is 17.3 Å². The first-order chi connectivity index (χ1) is 12.3. The molecule has 128 valence electrons. The number of fused-ring (bicyclic) bond motifs is 1. The summed E-state index contributed by atoms with van der Waals surface area (Å²) in [6.45, 7) is 1.28. The van der Waals surface area contributed by atoms with Gasteiger partial charge in [-0.1, -0.05) is 6.07 Å². The van der Waals surface area contributed by atoms with Crippen molar-refractivity contribution < 1.29 is 18.7 Å². The minimum atomic E-state index is -0.193. The van der Waals surface area contributed by atoms with Crippen LogP contribution in [0.5, 0.6) is 11.5 Å². The number of aryl methyl sites for hydroxylation is 1. The van der Waals surface area contributed by atoms with Gasteiger partial charge in [-0.3, -0.25) is 4.79 Å². The number of aliphatic imine (C=N–C) groups is 1. The Hall–Kier alpha value is -3.02. The molecule has 25 heavy (non-hydrogen) atoms. The molecule has 0 saturated carbocycles. The first kappa shape index (κ1) is 15.5. The lowest BCUT2D eigenvalue weighted by Gasteiger charge is -2.07. The van der Waals surface area contributed by atoms with Crippen LogP contribution in [0.1, 0.15) is 24.2 Å². The van der Waals surface area contributed by atoms with E-state index in [-0.39, 0.29) is 5.91 Å². The molecule has 2 aliphatic heterocycles. The second kappa shape index (κ2) is 6.84. The topological polar surface area (TPSA) is 73.1 Å². The van der Waals surface area contributed by atoms with Gasteiger partial charge in [-0.05, 0) is 35.9 Å². The number of ether oxygens (including phenoxy) is 2. The first-order valence-electron chi connectivity index (χ1n) is 8.30. The van der Waals surface area contributed by atoms with E-state index in [4.69, 9.17) is 13.9 Å². The van der Waals surface area contributed by atoms with Crippen LogP contribution in [0, 0.1) is 0 Å².